The quantitative estimate of drug-likeness (QED) is 0.745. The number of aromatic nitrogens is 1. The number of halogens is 1. The first-order valence-corrected chi connectivity index (χ1v) is 8.59. The van der Waals surface area contributed by atoms with E-state index in [9.17, 15) is 9.50 Å². The first-order valence-electron chi connectivity index (χ1n) is 8.59. The van der Waals surface area contributed by atoms with Gasteiger partial charge in [0.1, 0.15) is 17.4 Å². The summed E-state index contributed by atoms with van der Waals surface area (Å²) >= 11 is 0. The van der Waals surface area contributed by atoms with Crippen LogP contribution in [0.15, 0.2) is 64.6 Å². The van der Waals surface area contributed by atoms with Gasteiger partial charge in [0.15, 0.2) is 0 Å². The molecule has 0 amide bonds. The molecule has 0 bridgehead atoms. The van der Waals surface area contributed by atoms with E-state index in [0.717, 1.165) is 11.1 Å². The topological polar surface area (TPSA) is 61.9 Å². The van der Waals surface area contributed by atoms with Crippen molar-refractivity contribution in [3.8, 4) is 5.75 Å². The molecule has 2 aromatic carbocycles. The maximum absolute atomic E-state index is 13.5. The number of aryl methyl sites for hydroxylation is 1. The highest BCUT2D eigenvalue weighted by Crippen LogP contribution is 2.38. The lowest BCUT2D eigenvalue weighted by Gasteiger charge is -2.31. The molecule has 1 aromatic heterocycles. The number of nitrogens with zero attached hydrogens (tertiary/aromatic N) is 3. The number of hydrogen-bond donors (Lipinski definition) is 1. The lowest BCUT2D eigenvalue weighted by molar-refractivity contribution is 0.422. The number of rotatable bonds is 4. The standard InChI is InChI=1S/C21H18FN3O2/c1-13-19-14(2)25(11-10-15-6-5-7-16(22)12-15)20(23-21(19)27-24-13)17-8-3-4-9-18(17)26/h3-9,12,26H,2,10-11H2,1H3. The SMILES string of the molecule is C=C1c2c(C)noc2N=C(c2ccccc2O)N1CCc1cccc(F)c1. The van der Waals surface area contributed by atoms with Crippen LogP contribution in [0.25, 0.3) is 5.70 Å². The van der Waals surface area contributed by atoms with Gasteiger partial charge < -0.3 is 14.5 Å². The summed E-state index contributed by atoms with van der Waals surface area (Å²) in [6, 6.07) is 13.5. The maximum Gasteiger partial charge on any atom is 0.262 e. The molecule has 6 heteroatoms. The van der Waals surface area contributed by atoms with E-state index in [4.69, 9.17) is 4.52 Å². The smallest absolute Gasteiger partial charge is 0.262 e. The molecule has 0 radical (unpaired) electrons. The number of phenols is 1. The molecular formula is C21H18FN3O2. The summed E-state index contributed by atoms with van der Waals surface area (Å²) in [5.41, 5.74) is 3.57. The predicted octanol–water partition coefficient (Wildman–Crippen LogP) is 4.44. The summed E-state index contributed by atoms with van der Waals surface area (Å²) in [6.07, 6.45) is 0.586. The Hall–Kier alpha value is -3.41. The molecule has 5 nitrogen and oxygen atoms in total. The van der Waals surface area contributed by atoms with Crippen LogP contribution >= 0.6 is 0 Å². The maximum atomic E-state index is 13.5. The zero-order valence-electron chi connectivity index (χ0n) is 14.8. The summed E-state index contributed by atoms with van der Waals surface area (Å²) in [5.74, 6) is 0.743. The molecule has 1 N–H and O–H groups in total. The molecule has 2 heterocycles. The third kappa shape index (κ3) is 3.10. The largest absolute Gasteiger partial charge is 0.507 e. The Morgan fingerprint density at radius 3 is 2.78 bits per heavy atom. The van der Waals surface area contributed by atoms with E-state index >= 15 is 0 Å². The molecule has 0 spiro atoms. The Kier molecular flexibility index (Phi) is 4.24. The summed E-state index contributed by atoms with van der Waals surface area (Å²) in [4.78, 5) is 6.49. The van der Waals surface area contributed by atoms with Crippen LogP contribution in [0, 0.1) is 12.7 Å². The van der Waals surface area contributed by atoms with Crippen LogP contribution in [0.1, 0.15) is 22.4 Å². The van der Waals surface area contributed by atoms with Crippen LogP contribution in [0.3, 0.4) is 0 Å². The minimum atomic E-state index is -0.267. The van der Waals surface area contributed by atoms with Crippen molar-refractivity contribution in [3.05, 3.63) is 83.3 Å². The second kappa shape index (κ2) is 6.72. The van der Waals surface area contributed by atoms with Crippen molar-refractivity contribution in [2.45, 2.75) is 13.3 Å². The highest BCUT2D eigenvalue weighted by Gasteiger charge is 2.30. The average molecular weight is 363 g/mol. The van der Waals surface area contributed by atoms with Crippen molar-refractivity contribution in [1.82, 2.24) is 10.1 Å². The highest BCUT2D eigenvalue weighted by atomic mass is 19.1. The van der Waals surface area contributed by atoms with Crippen LogP contribution in [-0.2, 0) is 6.42 Å². The van der Waals surface area contributed by atoms with Gasteiger partial charge in [0.2, 0.25) is 0 Å². The van der Waals surface area contributed by atoms with Gasteiger partial charge >= 0.3 is 0 Å². The lowest BCUT2D eigenvalue weighted by atomic mass is 10.0. The van der Waals surface area contributed by atoms with Gasteiger partial charge in [-0.05, 0) is 43.2 Å². The number of hydrogen-bond acceptors (Lipinski definition) is 5. The van der Waals surface area contributed by atoms with Crippen molar-refractivity contribution in [3.63, 3.8) is 0 Å². The fraction of sp³-hybridized carbons (Fsp3) is 0.143. The Morgan fingerprint density at radius 1 is 1.19 bits per heavy atom. The number of amidine groups is 1. The fourth-order valence-electron chi connectivity index (χ4n) is 3.23. The number of fused-ring (bicyclic) bond motifs is 1. The number of aliphatic imine (C=N–C) groups is 1. The minimum absolute atomic E-state index is 0.111. The Morgan fingerprint density at radius 2 is 2.00 bits per heavy atom. The Bertz CT molecular complexity index is 1060. The van der Waals surface area contributed by atoms with Crippen molar-refractivity contribution in [2.24, 2.45) is 4.99 Å². The molecular weight excluding hydrogens is 345 g/mol. The first kappa shape index (κ1) is 17.0. The minimum Gasteiger partial charge on any atom is -0.507 e. The Balaban J connectivity index is 1.74. The summed E-state index contributed by atoms with van der Waals surface area (Å²) in [5, 5.41) is 14.3. The fourth-order valence-corrected chi connectivity index (χ4v) is 3.23. The van der Waals surface area contributed by atoms with E-state index < -0.39 is 0 Å². The van der Waals surface area contributed by atoms with Crippen molar-refractivity contribution < 1.29 is 14.0 Å². The Labute approximate surface area is 156 Å². The number of para-hydroxylation sites is 1. The van der Waals surface area contributed by atoms with Gasteiger partial charge in [-0.25, -0.2) is 4.39 Å². The van der Waals surface area contributed by atoms with E-state index in [1.807, 2.05) is 24.0 Å². The summed E-state index contributed by atoms with van der Waals surface area (Å²) < 4.78 is 18.8. The highest BCUT2D eigenvalue weighted by molar-refractivity contribution is 6.08. The van der Waals surface area contributed by atoms with E-state index in [2.05, 4.69) is 16.7 Å². The van der Waals surface area contributed by atoms with Crippen LogP contribution in [0.4, 0.5) is 10.3 Å². The van der Waals surface area contributed by atoms with Gasteiger partial charge in [0.05, 0.1) is 16.8 Å². The molecule has 0 saturated heterocycles. The van der Waals surface area contributed by atoms with Crippen LogP contribution in [0.2, 0.25) is 0 Å². The van der Waals surface area contributed by atoms with Crippen molar-refractivity contribution >= 4 is 17.4 Å². The van der Waals surface area contributed by atoms with Crippen molar-refractivity contribution in [1.29, 1.82) is 0 Å². The molecule has 0 aliphatic carbocycles. The van der Waals surface area contributed by atoms with Gasteiger partial charge in [0.25, 0.3) is 5.88 Å². The second-order valence-corrected chi connectivity index (χ2v) is 6.38. The van der Waals surface area contributed by atoms with E-state index in [-0.39, 0.29) is 11.6 Å². The molecule has 3 aromatic rings. The zero-order chi connectivity index (χ0) is 19.0. The van der Waals surface area contributed by atoms with E-state index in [1.54, 1.807) is 24.3 Å². The predicted molar refractivity (Wildman–Crippen MR) is 101 cm³/mol. The number of benzene rings is 2. The number of aromatic hydroxyl groups is 1. The second-order valence-electron chi connectivity index (χ2n) is 6.38. The monoisotopic (exact) mass is 363 g/mol. The third-order valence-corrected chi connectivity index (χ3v) is 4.58. The molecule has 0 saturated carbocycles. The first-order chi connectivity index (χ1) is 13.0. The van der Waals surface area contributed by atoms with Gasteiger partial charge in [-0.2, -0.15) is 4.99 Å². The molecule has 136 valence electrons. The summed E-state index contributed by atoms with van der Waals surface area (Å²) in [7, 11) is 0. The van der Waals surface area contributed by atoms with Crippen LogP contribution < -0.4 is 0 Å². The van der Waals surface area contributed by atoms with Crippen LogP contribution in [-0.4, -0.2) is 27.5 Å². The summed E-state index contributed by atoms with van der Waals surface area (Å²) in [6.45, 7) is 6.54. The van der Waals surface area contributed by atoms with Gasteiger partial charge in [-0.3, -0.25) is 0 Å². The van der Waals surface area contributed by atoms with Gasteiger partial charge in [-0.15, -0.1) is 0 Å². The molecule has 1 aliphatic rings. The lowest BCUT2D eigenvalue weighted by Crippen LogP contribution is -2.34. The molecule has 0 atom stereocenters. The molecule has 0 fully saturated rings. The molecule has 4 rings (SSSR count). The zero-order valence-corrected chi connectivity index (χ0v) is 14.8. The van der Waals surface area contributed by atoms with Crippen LogP contribution in [0.5, 0.6) is 5.75 Å². The average Bonchev–Trinajstić information content (AvgIpc) is 3.02. The molecule has 0 unspecified atom stereocenters. The third-order valence-electron chi connectivity index (χ3n) is 4.58. The normalized spacial score (nSPS) is 13.5. The molecule has 27 heavy (non-hydrogen) atoms. The number of phenolic OH excluding ortho intramolecular Hbond substituents is 1. The molecule has 1 aliphatic heterocycles. The van der Waals surface area contributed by atoms with E-state index in [0.29, 0.717) is 41.6 Å². The van der Waals surface area contributed by atoms with Gasteiger partial charge in [-0.1, -0.05) is 36.0 Å². The van der Waals surface area contributed by atoms with Crippen molar-refractivity contribution in [2.75, 3.05) is 6.54 Å². The van der Waals surface area contributed by atoms with E-state index in [1.165, 1.54) is 12.1 Å². The van der Waals surface area contributed by atoms with Gasteiger partial charge in [0, 0.05) is 12.2 Å².